The van der Waals surface area contributed by atoms with Crippen molar-refractivity contribution in [3.63, 3.8) is 0 Å². The van der Waals surface area contributed by atoms with Gasteiger partial charge in [0.25, 0.3) is 0 Å². The Hall–Kier alpha value is -1.33. The summed E-state index contributed by atoms with van der Waals surface area (Å²) in [7, 11) is 1.34. The zero-order valence-corrected chi connectivity index (χ0v) is 11.5. The van der Waals surface area contributed by atoms with Gasteiger partial charge in [0.15, 0.2) is 0 Å². The third-order valence-electron chi connectivity index (χ3n) is 3.65. The molecule has 19 heavy (non-hydrogen) atoms. The fourth-order valence-corrected chi connectivity index (χ4v) is 2.52. The minimum atomic E-state index is -0.452. The smallest absolute Gasteiger partial charge is 0.373 e. The van der Waals surface area contributed by atoms with Crippen molar-refractivity contribution in [3.8, 4) is 0 Å². The summed E-state index contributed by atoms with van der Waals surface area (Å²) >= 11 is 0. The molecule has 0 spiro atoms. The number of hydrogen-bond acceptors (Lipinski definition) is 5. The molecule has 1 fully saturated rings. The van der Waals surface area contributed by atoms with E-state index in [0.717, 1.165) is 31.7 Å². The first-order valence-electron chi connectivity index (χ1n) is 6.67. The van der Waals surface area contributed by atoms with Gasteiger partial charge in [-0.1, -0.05) is 0 Å². The zero-order valence-electron chi connectivity index (χ0n) is 11.5. The monoisotopic (exact) mass is 267 g/mol. The van der Waals surface area contributed by atoms with Gasteiger partial charge in [0.1, 0.15) is 5.76 Å². The molecule has 1 aliphatic rings. The highest BCUT2D eigenvalue weighted by atomic mass is 16.5. The van der Waals surface area contributed by atoms with Crippen LogP contribution in [-0.2, 0) is 11.3 Å². The van der Waals surface area contributed by atoms with Gasteiger partial charge in [-0.05, 0) is 44.4 Å². The Morgan fingerprint density at radius 3 is 3.11 bits per heavy atom. The van der Waals surface area contributed by atoms with E-state index >= 15 is 0 Å². The Labute approximate surface area is 113 Å². The quantitative estimate of drug-likeness (QED) is 0.841. The second-order valence-electron chi connectivity index (χ2n) is 5.14. The van der Waals surface area contributed by atoms with E-state index < -0.39 is 5.97 Å². The third kappa shape index (κ3) is 3.58. The summed E-state index contributed by atoms with van der Waals surface area (Å²) in [4.78, 5) is 13.5. The molecule has 1 aromatic heterocycles. The molecule has 2 unspecified atom stereocenters. The van der Waals surface area contributed by atoms with E-state index in [-0.39, 0.29) is 11.9 Å². The van der Waals surface area contributed by atoms with Crippen LogP contribution in [0.25, 0.3) is 0 Å². The summed E-state index contributed by atoms with van der Waals surface area (Å²) in [5, 5.41) is 9.66. The maximum atomic E-state index is 11.3. The first kappa shape index (κ1) is 14.1. The third-order valence-corrected chi connectivity index (χ3v) is 3.65. The molecular weight excluding hydrogens is 246 g/mol. The maximum absolute atomic E-state index is 11.3. The minimum Gasteiger partial charge on any atom is -0.463 e. The van der Waals surface area contributed by atoms with Gasteiger partial charge in [-0.3, -0.25) is 4.90 Å². The summed E-state index contributed by atoms with van der Waals surface area (Å²) in [5.74, 6) is 0.865. The van der Waals surface area contributed by atoms with Crippen LogP contribution in [0.3, 0.4) is 0 Å². The van der Waals surface area contributed by atoms with Gasteiger partial charge in [-0.25, -0.2) is 4.79 Å². The Morgan fingerprint density at radius 2 is 2.42 bits per heavy atom. The van der Waals surface area contributed by atoms with Gasteiger partial charge in [-0.2, -0.15) is 0 Å². The molecule has 1 N–H and O–H groups in total. The van der Waals surface area contributed by atoms with Crippen LogP contribution in [0.1, 0.15) is 36.1 Å². The Balaban J connectivity index is 1.93. The highest BCUT2D eigenvalue weighted by Gasteiger charge is 2.24. The second-order valence-corrected chi connectivity index (χ2v) is 5.14. The highest BCUT2D eigenvalue weighted by Crippen LogP contribution is 2.22. The Morgan fingerprint density at radius 1 is 1.63 bits per heavy atom. The molecule has 0 radical (unpaired) electrons. The van der Waals surface area contributed by atoms with E-state index in [0.29, 0.717) is 12.5 Å². The van der Waals surface area contributed by atoms with Crippen LogP contribution < -0.4 is 0 Å². The standard InChI is InChI=1S/C14H21NO4/c1-10(16)11-4-3-7-15(8-11)9-12-5-6-13(19-12)14(17)18-2/h5-6,10-11,16H,3-4,7-9H2,1-2H3. The van der Waals surface area contributed by atoms with Crippen LogP contribution in [-0.4, -0.2) is 42.3 Å². The maximum Gasteiger partial charge on any atom is 0.373 e. The lowest BCUT2D eigenvalue weighted by atomic mass is 9.93. The summed E-state index contributed by atoms with van der Waals surface area (Å²) in [6, 6.07) is 3.44. The molecule has 1 aliphatic heterocycles. The van der Waals surface area contributed by atoms with Gasteiger partial charge in [-0.15, -0.1) is 0 Å². The van der Waals surface area contributed by atoms with Crippen molar-refractivity contribution in [2.75, 3.05) is 20.2 Å². The number of hydrogen-bond donors (Lipinski definition) is 1. The van der Waals surface area contributed by atoms with E-state index in [4.69, 9.17) is 4.42 Å². The van der Waals surface area contributed by atoms with Gasteiger partial charge >= 0.3 is 5.97 Å². The highest BCUT2D eigenvalue weighted by molar-refractivity contribution is 5.86. The molecule has 0 aliphatic carbocycles. The Bertz CT molecular complexity index is 427. The van der Waals surface area contributed by atoms with Crippen LogP contribution >= 0.6 is 0 Å². The van der Waals surface area contributed by atoms with Gasteiger partial charge in [0, 0.05) is 6.54 Å². The molecule has 1 aromatic rings. The van der Waals surface area contributed by atoms with Crippen molar-refractivity contribution in [3.05, 3.63) is 23.7 Å². The van der Waals surface area contributed by atoms with Crippen LogP contribution in [0.15, 0.2) is 16.5 Å². The molecule has 2 rings (SSSR count). The minimum absolute atomic E-state index is 0.238. The number of furan rings is 1. The number of piperidine rings is 1. The summed E-state index contributed by atoms with van der Waals surface area (Å²) in [6.45, 7) is 4.38. The van der Waals surface area contributed by atoms with Crippen molar-refractivity contribution < 1.29 is 19.1 Å². The summed E-state index contributed by atoms with van der Waals surface area (Å²) in [6.07, 6.45) is 1.88. The second kappa shape index (κ2) is 6.21. The predicted octanol–water partition coefficient (Wildman–Crippen LogP) is 1.66. The Kier molecular flexibility index (Phi) is 4.61. The van der Waals surface area contributed by atoms with Crippen molar-refractivity contribution in [1.82, 2.24) is 4.90 Å². The fraction of sp³-hybridized carbons (Fsp3) is 0.643. The summed E-state index contributed by atoms with van der Waals surface area (Å²) in [5.41, 5.74) is 0. The first-order chi connectivity index (χ1) is 9.10. The molecule has 0 aromatic carbocycles. The van der Waals surface area contributed by atoms with Crippen molar-refractivity contribution >= 4 is 5.97 Å². The van der Waals surface area contributed by atoms with Crippen LogP contribution in [0.4, 0.5) is 0 Å². The molecule has 106 valence electrons. The van der Waals surface area contributed by atoms with Crippen molar-refractivity contribution in [2.24, 2.45) is 5.92 Å². The molecule has 1 saturated heterocycles. The van der Waals surface area contributed by atoms with Gasteiger partial charge < -0.3 is 14.3 Å². The number of rotatable bonds is 4. The topological polar surface area (TPSA) is 62.9 Å². The molecule has 0 amide bonds. The molecule has 0 saturated carbocycles. The molecule has 0 bridgehead atoms. The van der Waals surface area contributed by atoms with Crippen LogP contribution in [0, 0.1) is 5.92 Å². The molecule has 2 heterocycles. The molecule has 2 atom stereocenters. The number of methoxy groups -OCH3 is 1. The van der Waals surface area contributed by atoms with E-state index in [1.807, 2.05) is 6.92 Å². The van der Waals surface area contributed by atoms with E-state index in [2.05, 4.69) is 9.64 Å². The van der Waals surface area contributed by atoms with Crippen molar-refractivity contribution in [1.29, 1.82) is 0 Å². The fourth-order valence-electron chi connectivity index (χ4n) is 2.52. The number of carbonyl (C=O) groups is 1. The lowest BCUT2D eigenvalue weighted by Crippen LogP contribution is -2.38. The number of likely N-dealkylation sites (tertiary alicyclic amines) is 1. The molecule has 5 nitrogen and oxygen atoms in total. The zero-order chi connectivity index (χ0) is 13.8. The molecule has 5 heteroatoms. The van der Waals surface area contributed by atoms with Crippen LogP contribution in [0.5, 0.6) is 0 Å². The van der Waals surface area contributed by atoms with Crippen LogP contribution in [0.2, 0.25) is 0 Å². The normalized spacial score (nSPS) is 22.2. The number of nitrogens with zero attached hydrogens (tertiary/aromatic N) is 1. The number of aliphatic hydroxyl groups excluding tert-OH is 1. The summed E-state index contributed by atoms with van der Waals surface area (Å²) < 4.78 is 10.1. The average Bonchev–Trinajstić information content (AvgIpc) is 2.86. The number of aliphatic hydroxyl groups is 1. The predicted molar refractivity (Wildman–Crippen MR) is 69.7 cm³/mol. The number of esters is 1. The van der Waals surface area contributed by atoms with Gasteiger partial charge in [0.2, 0.25) is 5.76 Å². The SMILES string of the molecule is COC(=O)c1ccc(CN2CCCC(C(C)O)C2)o1. The lowest BCUT2D eigenvalue weighted by Gasteiger charge is -2.33. The number of carbonyl (C=O) groups excluding carboxylic acids is 1. The first-order valence-corrected chi connectivity index (χ1v) is 6.67. The average molecular weight is 267 g/mol. The van der Waals surface area contributed by atoms with E-state index in [1.54, 1.807) is 12.1 Å². The molecular formula is C14H21NO4. The van der Waals surface area contributed by atoms with E-state index in [1.165, 1.54) is 7.11 Å². The van der Waals surface area contributed by atoms with Crippen molar-refractivity contribution in [2.45, 2.75) is 32.4 Å². The van der Waals surface area contributed by atoms with Gasteiger partial charge in [0.05, 0.1) is 19.8 Å². The van der Waals surface area contributed by atoms with E-state index in [9.17, 15) is 9.90 Å². The largest absolute Gasteiger partial charge is 0.463 e. The number of ether oxygens (including phenoxy) is 1. The lowest BCUT2D eigenvalue weighted by molar-refractivity contribution is 0.0532.